The predicted octanol–water partition coefficient (Wildman–Crippen LogP) is 2.33. The zero-order valence-corrected chi connectivity index (χ0v) is 13.1. The van der Waals surface area contributed by atoms with Crippen molar-refractivity contribution in [1.29, 1.82) is 0 Å². The van der Waals surface area contributed by atoms with Gasteiger partial charge in [0.1, 0.15) is 5.52 Å². The summed E-state index contributed by atoms with van der Waals surface area (Å²) < 4.78 is 5.80. The SMILES string of the molecule is CC(C)(C)N1CCN(Cc2nc3c(N)cccc3o2)CC1. The van der Waals surface area contributed by atoms with Crippen LogP contribution in [0.25, 0.3) is 11.1 Å². The average Bonchev–Trinajstić information content (AvgIpc) is 2.82. The number of piperazine rings is 1. The highest BCUT2D eigenvalue weighted by Gasteiger charge is 2.26. The Labute approximate surface area is 125 Å². The first-order valence-corrected chi connectivity index (χ1v) is 7.55. The first-order valence-electron chi connectivity index (χ1n) is 7.55. The monoisotopic (exact) mass is 288 g/mol. The number of fused-ring (bicyclic) bond motifs is 1. The van der Waals surface area contributed by atoms with Gasteiger partial charge in [0, 0.05) is 31.7 Å². The summed E-state index contributed by atoms with van der Waals surface area (Å²) in [5.74, 6) is 0.757. The molecule has 114 valence electrons. The molecule has 1 aliphatic heterocycles. The molecule has 0 spiro atoms. The molecule has 1 aromatic heterocycles. The standard InChI is InChI=1S/C16H24N4O/c1-16(2,3)20-9-7-19(8-10-20)11-14-18-15-12(17)5-4-6-13(15)21-14/h4-6H,7-11,17H2,1-3H3. The van der Waals surface area contributed by atoms with Gasteiger partial charge in [0.15, 0.2) is 5.58 Å². The molecule has 5 nitrogen and oxygen atoms in total. The lowest BCUT2D eigenvalue weighted by Gasteiger charge is -2.41. The molecule has 1 aliphatic rings. The fourth-order valence-corrected chi connectivity index (χ4v) is 2.85. The van der Waals surface area contributed by atoms with E-state index in [0.717, 1.165) is 49.7 Å². The van der Waals surface area contributed by atoms with E-state index in [1.165, 1.54) is 0 Å². The lowest BCUT2D eigenvalue weighted by atomic mass is 10.1. The van der Waals surface area contributed by atoms with Gasteiger partial charge in [-0.2, -0.15) is 0 Å². The molecule has 0 atom stereocenters. The lowest BCUT2D eigenvalue weighted by molar-refractivity contribution is 0.0557. The Bertz CT molecular complexity index is 621. The van der Waals surface area contributed by atoms with Crippen molar-refractivity contribution in [1.82, 2.24) is 14.8 Å². The molecular weight excluding hydrogens is 264 g/mol. The van der Waals surface area contributed by atoms with Gasteiger partial charge in [-0.1, -0.05) is 6.07 Å². The summed E-state index contributed by atoms with van der Waals surface area (Å²) in [4.78, 5) is 9.44. The zero-order chi connectivity index (χ0) is 15.0. The van der Waals surface area contributed by atoms with Gasteiger partial charge in [-0.25, -0.2) is 4.98 Å². The fourth-order valence-electron chi connectivity index (χ4n) is 2.85. The van der Waals surface area contributed by atoms with E-state index in [1.807, 2.05) is 18.2 Å². The molecule has 1 fully saturated rings. The van der Waals surface area contributed by atoms with Gasteiger partial charge in [-0.3, -0.25) is 9.80 Å². The van der Waals surface area contributed by atoms with Crippen LogP contribution < -0.4 is 5.73 Å². The molecule has 2 heterocycles. The molecule has 2 aromatic rings. The van der Waals surface area contributed by atoms with E-state index in [1.54, 1.807) is 0 Å². The first-order chi connectivity index (χ1) is 9.93. The van der Waals surface area contributed by atoms with E-state index in [9.17, 15) is 0 Å². The fraction of sp³-hybridized carbons (Fsp3) is 0.562. The highest BCUT2D eigenvalue weighted by molar-refractivity contribution is 5.85. The van der Waals surface area contributed by atoms with Crippen molar-refractivity contribution in [3.8, 4) is 0 Å². The van der Waals surface area contributed by atoms with Gasteiger partial charge >= 0.3 is 0 Å². The maximum Gasteiger partial charge on any atom is 0.209 e. The van der Waals surface area contributed by atoms with Crippen LogP contribution in [0, 0.1) is 0 Å². The number of anilines is 1. The molecule has 1 aromatic carbocycles. The van der Waals surface area contributed by atoms with Crippen LogP contribution in [0.2, 0.25) is 0 Å². The van der Waals surface area contributed by atoms with Crippen molar-refractivity contribution in [2.45, 2.75) is 32.9 Å². The number of para-hydroxylation sites is 1. The summed E-state index contributed by atoms with van der Waals surface area (Å²) in [6, 6.07) is 5.67. The summed E-state index contributed by atoms with van der Waals surface area (Å²) in [5, 5.41) is 0. The van der Waals surface area contributed by atoms with Crippen LogP contribution >= 0.6 is 0 Å². The van der Waals surface area contributed by atoms with E-state index < -0.39 is 0 Å². The third-order valence-corrected chi connectivity index (χ3v) is 4.17. The van der Waals surface area contributed by atoms with Gasteiger partial charge in [0.05, 0.1) is 12.2 Å². The van der Waals surface area contributed by atoms with E-state index in [0.29, 0.717) is 5.69 Å². The topological polar surface area (TPSA) is 58.5 Å². The van der Waals surface area contributed by atoms with Crippen LogP contribution in [-0.4, -0.2) is 46.5 Å². The zero-order valence-electron chi connectivity index (χ0n) is 13.1. The number of nitrogens with zero attached hydrogens (tertiary/aromatic N) is 3. The van der Waals surface area contributed by atoms with Crippen LogP contribution in [0.3, 0.4) is 0 Å². The third-order valence-electron chi connectivity index (χ3n) is 4.17. The molecule has 5 heteroatoms. The van der Waals surface area contributed by atoms with Crippen molar-refractivity contribution < 1.29 is 4.42 Å². The van der Waals surface area contributed by atoms with Crippen molar-refractivity contribution in [2.24, 2.45) is 0 Å². The van der Waals surface area contributed by atoms with Crippen LogP contribution in [0.1, 0.15) is 26.7 Å². The second-order valence-corrected chi connectivity index (χ2v) is 6.74. The quantitative estimate of drug-likeness (QED) is 0.859. The van der Waals surface area contributed by atoms with E-state index in [2.05, 4.69) is 35.6 Å². The molecule has 3 rings (SSSR count). The normalized spacial score (nSPS) is 18.4. The summed E-state index contributed by atoms with van der Waals surface area (Å²) >= 11 is 0. The minimum absolute atomic E-state index is 0.248. The summed E-state index contributed by atoms with van der Waals surface area (Å²) in [6.07, 6.45) is 0. The van der Waals surface area contributed by atoms with Crippen LogP contribution in [0.15, 0.2) is 22.6 Å². The average molecular weight is 288 g/mol. The molecule has 2 N–H and O–H groups in total. The lowest BCUT2D eigenvalue weighted by Crippen LogP contribution is -2.53. The highest BCUT2D eigenvalue weighted by Crippen LogP contribution is 2.22. The van der Waals surface area contributed by atoms with E-state index in [-0.39, 0.29) is 5.54 Å². The summed E-state index contributed by atoms with van der Waals surface area (Å²) in [7, 11) is 0. The Kier molecular flexibility index (Phi) is 3.63. The molecule has 1 saturated heterocycles. The van der Waals surface area contributed by atoms with Gasteiger partial charge in [0.25, 0.3) is 0 Å². The van der Waals surface area contributed by atoms with Crippen molar-refractivity contribution in [3.05, 3.63) is 24.1 Å². The maximum absolute atomic E-state index is 5.93. The number of aromatic nitrogens is 1. The van der Waals surface area contributed by atoms with Crippen molar-refractivity contribution in [2.75, 3.05) is 31.9 Å². The van der Waals surface area contributed by atoms with Crippen molar-refractivity contribution >= 4 is 16.8 Å². The molecule has 0 radical (unpaired) electrons. The van der Waals surface area contributed by atoms with Crippen LogP contribution in [0.5, 0.6) is 0 Å². The Hall–Kier alpha value is -1.59. The molecule has 0 saturated carbocycles. The molecule has 0 unspecified atom stereocenters. The Morgan fingerprint density at radius 1 is 1.19 bits per heavy atom. The Morgan fingerprint density at radius 2 is 1.90 bits per heavy atom. The van der Waals surface area contributed by atoms with E-state index >= 15 is 0 Å². The van der Waals surface area contributed by atoms with Gasteiger partial charge in [-0.15, -0.1) is 0 Å². The number of rotatable bonds is 2. The number of nitrogen functional groups attached to an aromatic ring is 1. The molecule has 0 amide bonds. The van der Waals surface area contributed by atoms with Crippen molar-refractivity contribution in [3.63, 3.8) is 0 Å². The van der Waals surface area contributed by atoms with Gasteiger partial charge in [0.2, 0.25) is 5.89 Å². The molecule has 0 aliphatic carbocycles. The predicted molar refractivity (Wildman–Crippen MR) is 85.0 cm³/mol. The summed E-state index contributed by atoms with van der Waals surface area (Å²) in [5.41, 5.74) is 8.41. The molecule has 0 bridgehead atoms. The Balaban J connectivity index is 1.66. The molecule has 21 heavy (non-hydrogen) atoms. The number of nitrogens with two attached hydrogens (primary N) is 1. The minimum Gasteiger partial charge on any atom is -0.439 e. The highest BCUT2D eigenvalue weighted by atomic mass is 16.3. The Morgan fingerprint density at radius 3 is 2.52 bits per heavy atom. The second-order valence-electron chi connectivity index (χ2n) is 6.74. The second kappa shape index (κ2) is 5.31. The number of benzene rings is 1. The maximum atomic E-state index is 5.93. The summed E-state index contributed by atoms with van der Waals surface area (Å²) in [6.45, 7) is 11.8. The van der Waals surface area contributed by atoms with Gasteiger partial charge < -0.3 is 10.2 Å². The molecular formula is C16H24N4O. The smallest absolute Gasteiger partial charge is 0.209 e. The van der Waals surface area contributed by atoms with E-state index in [4.69, 9.17) is 10.2 Å². The number of oxazole rings is 1. The largest absolute Gasteiger partial charge is 0.439 e. The number of hydrogen-bond donors (Lipinski definition) is 1. The minimum atomic E-state index is 0.248. The van der Waals surface area contributed by atoms with Crippen LogP contribution in [-0.2, 0) is 6.54 Å². The first kappa shape index (κ1) is 14.4. The third kappa shape index (κ3) is 3.04. The van der Waals surface area contributed by atoms with Gasteiger partial charge in [-0.05, 0) is 32.9 Å². The van der Waals surface area contributed by atoms with Crippen LogP contribution in [0.4, 0.5) is 5.69 Å². The number of hydrogen-bond acceptors (Lipinski definition) is 5.